The van der Waals surface area contributed by atoms with E-state index in [4.69, 9.17) is 37.9 Å². The van der Waals surface area contributed by atoms with Crippen molar-refractivity contribution in [1.82, 2.24) is 0 Å². The molecule has 2 fully saturated rings. The zero-order valence-corrected chi connectivity index (χ0v) is 37.4. The molecule has 0 bridgehead atoms. The van der Waals surface area contributed by atoms with Crippen LogP contribution in [0.5, 0.6) is 0 Å². The number of ether oxygens (including phenoxy) is 8. The highest BCUT2D eigenvalue weighted by Crippen LogP contribution is 2.40. The van der Waals surface area contributed by atoms with Gasteiger partial charge in [0, 0.05) is 4.90 Å². The number of rotatable bonds is 16. The van der Waals surface area contributed by atoms with Crippen LogP contribution in [0.15, 0.2) is 187 Å². The quantitative estimate of drug-likeness (QED) is 0.0764. The van der Waals surface area contributed by atoms with Crippen molar-refractivity contribution < 1.29 is 72.1 Å². The number of hydrogen-bond acceptors (Lipinski definition) is 16. The molecule has 0 spiro atoms. The minimum atomic E-state index is -1.88. The second-order valence-corrected chi connectivity index (χ2v) is 16.9. The smallest absolute Gasteiger partial charge is 0.338 e. The minimum Gasteiger partial charge on any atom is -0.459 e. The van der Waals surface area contributed by atoms with Crippen molar-refractivity contribution in [2.24, 2.45) is 0 Å². The van der Waals surface area contributed by atoms with E-state index in [-0.39, 0.29) is 27.8 Å². The third-order valence-corrected chi connectivity index (χ3v) is 12.2. The van der Waals surface area contributed by atoms with E-state index in [1.165, 1.54) is 48.5 Å². The van der Waals surface area contributed by atoms with Crippen LogP contribution in [0.1, 0.15) is 51.8 Å². The van der Waals surface area contributed by atoms with Gasteiger partial charge in [-0.05, 0) is 72.8 Å². The summed E-state index contributed by atoms with van der Waals surface area (Å²) in [4.78, 5) is 70.4. The van der Waals surface area contributed by atoms with E-state index in [9.17, 15) is 34.2 Å². The van der Waals surface area contributed by atoms with Gasteiger partial charge in [-0.15, -0.1) is 0 Å². The van der Waals surface area contributed by atoms with Crippen LogP contribution in [0.4, 0.5) is 0 Å². The molecule has 6 unspecified atom stereocenters. The molecule has 0 aliphatic carbocycles. The van der Waals surface area contributed by atoms with Gasteiger partial charge < -0.3 is 48.1 Å². The van der Waals surface area contributed by atoms with Gasteiger partial charge in [-0.3, -0.25) is 0 Å². The van der Waals surface area contributed by atoms with Crippen molar-refractivity contribution in [3.05, 3.63) is 210 Å². The fraction of sp³-hybridized carbons (Fsp3) is 0.226. The van der Waals surface area contributed by atoms with E-state index in [1.54, 1.807) is 127 Å². The van der Waals surface area contributed by atoms with Gasteiger partial charge in [0.2, 0.25) is 0 Å². The molecule has 0 radical (unpaired) electrons. The molecule has 2 heterocycles. The van der Waals surface area contributed by atoms with Gasteiger partial charge in [-0.2, -0.15) is 0 Å². The molecule has 354 valence electrons. The van der Waals surface area contributed by atoms with Crippen LogP contribution in [0.2, 0.25) is 0 Å². The predicted molar refractivity (Wildman–Crippen MR) is 247 cm³/mol. The largest absolute Gasteiger partial charge is 0.459 e. The summed E-state index contributed by atoms with van der Waals surface area (Å²) < 4.78 is 50.2. The lowest BCUT2D eigenvalue weighted by molar-refractivity contribution is -0.335. The van der Waals surface area contributed by atoms with Crippen LogP contribution in [-0.4, -0.2) is 114 Å². The molecule has 2 aliphatic heterocycles. The number of thioether (sulfide) groups is 1. The third-order valence-electron chi connectivity index (χ3n) is 11.1. The summed E-state index contributed by atoms with van der Waals surface area (Å²) in [5.41, 5.74) is -0.583. The summed E-state index contributed by atoms with van der Waals surface area (Å²) in [5.74, 6) is -4.32. The fourth-order valence-electron chi connectivity index (χ4n) is 7.61. The number of aliphatic hydroxyl groups is 2. The maximum atomic E-state index is 14.3. The van der Waals surface area contributed by atoms with Gasteiger partial charge in [-0.1, -0.05) is 121 Å². The van der Waals surface area contributed by atoms with Crippen molar-refractivity contribution in [2.75, 3.05) is 13.2 Å². The second kappa shape index (κ2) is 23.2. The van der Waals surface area contributed by atoms with Crippen molar-refractivity contribution in [1.29, 1.82) is 0 Å². The Bertz CT molecular complexity index is 2630. The summed E-state index contributed by atoms with van der Waals surface area (Å²) in [6, 6.07) is 48.8. The molecule has 15 nitrogen and oxygen atoms in total. The summed E-state index contributed by atoms with van der Waals surface area (Å²) in [6.07, 6.45) is -15.0. The number of carbonyl (C=O) groups is 5. The molecule has 69 heavy (non-hydrogen) atoms. The van der Waals surface area contributed by atoms with Gasteiger partial charge in [-0.25, -0.2) is 24.0 Å². The predicted octanol–water partition coefficient (Wildman–Crippen LogP) is 6.73. The Labute approximate surface area is 400 Å². The van der Waals surface area contributed by atoms with Gasteiger partial charge in [0.05, 0.1) is 34.4 Å². The third kappa shape index (κ3) is 12.1. The zero-order chi connectivity index (χ0) is 48.1. The molecule has 16 heteroatoms. The Hall–Kier alpha value is -7.18. The topological polar surface area (TPSA) is 200 Å². The van der Waals surface area contributed by atoms with E-state index >= 15 is 0 Å². The first-order chi connectivity index (χ1) is 33.7. The first kappa shape index (κ1) is 48.3. The average molecular weight is 955 g/mol. The van der Waals surface area contributed by atoms with E-state index in [1.807, 2.05) is 6.07 Å². The van der Waals surface area contributed by atoms with E-state index in [0.717, 1.165) is 11.8 Å². The SMILES string of the molecule is O=C(OCC1O[C@@H](Sc2ccccc2)C(OC(=O)c2ccccc2)C(OC(=O)c2ccccc2)[C@@H]1O[C@@H]1OC(CO)[C@H](O)C(OC(=O)c2ccccc2)C1OC(=O)c1ccccc1)c1ccccc1. The molecule has 10 atom stereocenters. The van der Waals surface area contributed by atoms with Crippen LogP contribution in [0.25, 0.3) is 0 Å². The Morgan fingerprint density at radius 1 is 0.435 bits per heavy atom. The molecule has 6 aromatic carbocycles. The molecule has 2 N–H and O–H groups in total. The highest BCUT2D eigenvalue weighted by Gasteiger charge is 2.57. The van der Waals surface area contributed by atoms with Crippen LogP contribution in [0, 0.1) is 0 Å². The molecular formula is C53H46O15S. The summed E-state index contributed by atoms with van der Waals surface area (Å²) in [7, 11) is 0. The van der Waals surface area contributed by atoms with Crippen LogP contribution >= 0.6 is 11.8 Å². The normalized spacial score (nSPS) is 24.2. The summed E-state index contributed by atoms with van der Waals surface area (Å²) >= 11 is 1.12. The van der Waals surface area contributed by atoms with Gasteiger partial charge in [0.15, 0.2) is 30.7 Å². The van der Waals surface area contributed by atoms with Crippen molar-refractivity contribution >= 4 is 41.6 Å². The second-order valence-electron chi connectivity index (χ2n) is 15.7. The lowest BCUT2D eigenvalue weighted by atomic mass is 9.96. The molecule has 2 saturated heterocycles. The first-order valence-electron chi connectivity index (χ1n) is 21.9. The Kier molecular flexibility index (Phi) is 16.2. The highest BCUT2D eigenvalue weighted by atomic mass is 32.2. The fourth-order valence-corrected chi connectivity index (χ4v) is 8.73. The molecule has 2 aliphatic rings. The molecule has 0 aromatic heterocycles. The van der Waals surface area contributed by atoms with Crippen LogP contribution < -0.4 is 0 Å². The molecule has 0 saturated carbocycles. The lowest BCUT2D eigenvalue weighted by Gasteiger charge is -2.48. The van der Waals surface area contributed by atoms with Crippen molar-refractivity contribution in [3.8, 4) is 0 Å². The van der Waals surface area contributed by atoms with Crippen molar-refractivity contribution in [2.45, 2.75) is 65.5 Å². The Morgan fingerprint density at radius 2 is 0.812 bits per heavy atom. The van der Waals surface area contributed by atoms with Crippen LogP contribution in [-0.2, 0) is 37.9 Å². The number of carbonyl (C=O) groups excluding carboxylic acids is 5. The molecule has 8 rings (SSSR count). The van der Waals surface area contributed by atoms with E-state index in [0.29, 0.717) is 4.90 Å². The first-order valence-corrected chi connectivity index (χ1v) is 22.8. The maximum absolute atomic E-state index is 14.3. The highest BCUT2D eigenvalue weighted by molar-refractivity contribution is 7.99. The number of esters is 5. The van der Waals surface area contributed by atoms with E-state index in [2.05, 4.69) is 0 Å². The lowest BCUT2D eigenvalue weighted by Crippen LogP contribution is -2.66. The number of benzene rings is 6. The summed E-state index contributed by atoms with van der Waals surface area (Å²) in [6.45, 7) is -1.42. The van der Waals surface area contributed by atoms with Crippen LogP contribution in [0.3, 0.4) is 0 Å². The molecular weight excluding hydrogens is 909 g/mol. The molecule has 6 aromatic rings. The standard InChI is InChI=1S/C53H46O15S/c54-31-39-41(55)43(64-48(57)34-21-9-2-10-22-34)45(66-50(59)36-25-13-4-14-26-36)52(62-39)68-42-40(32-61-47(56)33-19-7-1-8-20-33)63-53(69-38-29-17-6-18-30-38)46(67-51(60)37-27-15-5-16-28-37)44(42)65-49(58)35-23-11-3-12-24-35/h1-30,39-46,52-55H,31-32H2/t39?,40?,41-,42+,43?,44?,45?,46?,52-,53-/m0/s1. The van der Waals surface area contributed by atoms with Gasteiger partial charge in [0.1, 0.15) is 36.5 Å². The zero-order valence-electron chi connectivity index (χ0n) is 36.6. The monoisotopic (exact) mass is 954 g/mol. The van der Waals surface area contributed by atoms with Gasteiger partial charge >= 0.3 is 29.8 Å². The Morgan fingerprint density at radius 3 is 1.25 bits per heavy atom. The minimum absolute atomic E-state index is 0.0678. The maximum Gasteiger partial charge on any atom is 0.338 e. The van der Waals surface area contributed by atoms with Gasteiger partial charge in [0.25, 0.3) is 0 Å². The molecule has 0 amide bonds. The van der Waals surface area contributed by atoms with Crippen molar-refractivity contribution in [3.63, 3.8) is 0 Å². The average Bonchev–Trinajstić information content (AvgIpc) is 3.40. The Balaban J connectivity index is 1.24. The number of aliphatic hydroxyl groups excluding tert-OH is 2. The number of hydrogen-bond donors (Lipinski definition) is 2. The summed E-state index contributed by atoms with van der Waals surface area (Å²) in [5, 5.41) is 22.3. The van der Waals surface area contributed by atoms with E-state index < -0.39 is 104 Å².